The first kappa shape index (κ1) is 17.1. The lowest BCUT2D eigenvalue weighted by atomic mass is 10.0. The molecule has 3 aromatic carbocycles. The molecule has 132 valence electrons. The van der Waals surface area contributed by atoms with Crippen molar-refractivity contribution in [3.05, 3.63) is 90.5 Å². The van der Waals surface area contributed by atoms with Gasteiger partial charge in [0.15, 0.2) is 17.5 Å². The molecular weight excluding hydrogens is 330 g/mol. The van der Waals surface area contributed by atoms with Crippen LogP contribution in [0.2, 0.25) is 0 Å². The van der Waals surface area contributed by atoms with Crippen molar-refractivity contribution in [3.63, 3.8) is 0 Å². The maximum absolute atomic E-state index is 4.75. The molecule has 1 heterocycles. The van der Waals surface area contributed by atoms with Gasteiger partial charge in [-0.05, 0) is 11.5 Å². The zero-order valence-corrected chi connectivity index (χ0v) is 15.5. The van der Waals surface area contributed by atoms with Gasteiger partial charge in [-0.3, -0.25) is 0 Å². The summed E-state index contributed by atoms with van der Waals surface area (Å²) in [6.07, 6.45) is 0. The van der Waals surface area contributed by atoms with E-state index < -0.39 is 0 Å². The molecule has 0 radical (unpaired) electrons. The normalized spacial score (nSPS) is 10.9. The molecule has 0 aliphatic carbocycles. The van der Waals surface area contributed by atoms with Gasteiger partial charge in [0.05, 0.1) is 0 Å². The molecule has 0 atom stereocenters. The Balaban J connectivity index is 1.85. The van der Waals surface area contributed by atoms with Gasteiger partial charge in [-0.1, -0.05) is 98.8 Å². The number of nitrogens with zero attached hydrogens (tertiary/aromatic N) is 3. The fourth-order valence-corrected chi connectivity index (χ4v) is 2.95. The highest BCUT2D eigenvalue weighted by atomic mass is 15.0. The van der Waals surface area contributed by atoms with Crippen LogP contribution in [-0.2, 0) is 0 Å². The lowest BCUT2D eigenvalue weighted by Crippen LogP contribution is -2.00. The third-order valence-electron chi connectivity index (χ3n) is 4.53. The van der Waals surface area contributed by atoms with Crippen LogP contribution in [0.5, 0.6) is 0 Å². The average molecular weight is 351 g/mol. The fourth-order valence-electron chi connectivity index (χ4n) is 2.95. The third kappa shape index (κ3) is 3.77. The van der Waals surface area contributed by atoms with Crippen LogP contribution in [0.3, 0.4) is 0 Å². The van der Waals surface area contributed by atoms with Crippen molar-refractivity contribution in [2.45, 2.75) is 19.8 Å². The van der Waals surface area contributed by atoms with E-state index in [0.717, 1.165) is 16.7 Å². The van der Waals surface area contributed by atoms with E-state index in [1.807, 2.05) is 60.7 Å². The molecule has 27 heavy (non-hydrogen) atoms. The van der Waals surface area contributed by atoms with Crippen molar-refractivity contribution >= 4 is 0 Å². The minimum atomic E-state index is 0.497. The van der Waals surface area contributed by atoms with Crippen molar-refractivity contribution in [1.82, 2.24) is 15.0 Å². The van der Waals surface area contributed by atoms with Gasteiger partial charge >= 0.3 is 0 Å². The molecule has 3 heteroatoms. The van der Waals surface area contributed by atoms with Crippen molar-refractivity contribution < 1.29 is 0 Å². The van der Waals surface area contributed by atoms with Gasteiger partial charge in [-0.15, -0.1) is 0 Å². The number of benzene rings is 3. The molecule has 0 saturated carbocycles. The lowest BCUT2D eigenvalue weighted by molar-refractivity contribution is 0.867. The van der Waals surface area contributed by atoms with Crippen LogP contribution in [0.4, 0.5) is 0 Å². The van der Waals surface area contributed by atoms with Gasteiger partial charge in [-0.25, -0.2) is 15.0 Å². The van der Waals surface area contributed by atoms with Crippen LogP contribution in [0, 0.1) is 0 Å². The Morgan fingerprint density at radius 2 is 0.852 bits per heavy atom. The maximum Gasteiger partial charge on any atom is 0.164 e. The summed E-state index contributed by atoms with van der Waals surface area (Å²) >= 11 is 0. The molecule has 0 aliphatic rings. The molecule has 0 unspecified atom stereocenters. The Morgan fingerprint density at radius 1 is 0.481 bits per heavy atom. The molecule has 0 saturated heterocycles. The molecular formula is C24H21N3. The molecule has 0 amide bonds. The van der Waals surface area contributed by atoms with E-state index in [-0.39, 0.29) is 0 Å². The summed E-state index contributed by atoms with van der Waals surface area (Å²) in [5.41, 5.74) is 4.27. The van der Waals surface area contributed by atoms with Gasteiger partial charge in [-0.2, -0.15) is 0 Å². The molecule has 0 fully saturated rings. The topological polar surface area (TPSA) is 38.7 Å². The molecule has 0 N–H and O–H groups in total. The molecule has 0 bridgehead atoms. The first-order valence-electron chi connectivity index (χ1n) is 9.18. The zero-order chi connectivity index (χ0) is 18.6. The highest BCUT2D eigenvalue weighted by molar-refractivity contribution is 5.66. The highest BCUT2D eigenvalue weighted by Gasteiger charge is 2.12. The van der Waals surface area contributed by atoms with Gasteiger partial charge in [0, 0.05) is 16.7 Å². The third-order valence-corrected chi connectivity index (χ3v) is 4.53. The molecule has 3 nitrogen and oxygen atoms in total. The van der Waals surface area contributed by atoms with E-state index in [1.165, 1.54) is 5.56 Å². The van der Waals surface area contributed by atoms with Crippen LogP contribution in [0.25, 0.3) is 34.2 Å². The predicted molar refractivity (Wildman–Crippen MR) is 110 cm³/mol. The first-order valence-corrected chi connectivity index (χ1v) is 9.18. The van der Waals surface area contributed by atoms with Gasteiger partial charge in [0.2, 0.25) is 0 Å². The second kappa shape index (κ2) is 7.50. The lowest BCUT2D eigenvalue weighted by Gasteiger charge is -2.09. The Hall–Kier alpha value is -3.33. The van der Waals surface area contributed by atoms with E-state index in [9.17, 15) is 0 Å². The molecule has 4 rings (SSSR count). The van der Waals surface area contributed by atoms with Gasteiger partial charge in [0.1, 0.15) is 0 Å². The number of hydrogen-bond donors (Lipinski definition) is 0. The van der Waals surface area contributed by atoms with Crippen LogP contribution in [0.1, 0.15) is 25.3 Å². The van der Waals surface area contributed by atoms with Crippen LogP contribution >= 0.6 is 0 Å². The minimum absolute atomic E-state index is 0.497. The second-order valence-corrected chi connectivity index (χ2v) is 6.81. The summed E-state index contributed by atoms with van der Waals surface area (Å²) in [4.78, 5) is 14.2. The predicted octanol–water partition coefficient (Wildman–Crippen LogP) is 6.00. The number of rotatable bonds is 4. The van der Waals surface area contributed by atoms with Crippen molar-refractivity contribution in [1.29, 1.82) is 0 Å². The smallest absolute Gasteiger partial charge is 0.164 e. The molecule has 0 aliphatic heterocycles. The second-order valence-electron chi connectivity index (χ2n) is 6.81. The Bertz CT molecular complexity index is 966. The van der Waals surface area contributed by atoms with Crippen molar-refractivity contribution in [3.8, 4) is 34.2 Å². The van der Waals surface area contributed by atoms with Crippen molar-refractivity contribution in [2.24, 2.45) is 0 Å². The summed E-state index contributed by atoms with van der Waals surface area (Å²) in [7, 11) is 0. The number of aromatic nitrogens is 3. The summed E-state index contributed by atoms with van der Waals surface area (Å²) in [5, 5.41) is 0. The average Bonchev–Trinajstić information content (AvgIpc) is 2.75. The van der Waals surface area contributed by atoms with Crippen LogP contribution < -0.4 is 0 Å². The van der Waals surface area contributed by atoms with E-state index >= 15 is 0 Å². The monoisotopic (exact) mass is 351 g/mol. The zero-order valence-electron chi connectivity index (χ0n) is 15.5. The van der Waals surface area contributed by atoms with Gasteiger partial charge in [0.25, 0.3) is 0 Å². The quantitative estimate of drug-likeness (QED) is 0.453. The minimum Gasteiger partial charge on any atom is -0.208 e. The fraction of sp³-hybridized carbons (Fsp3) is 0.125. The van der Waals surface area contributed by atoms with E-state index in [0.29, 0.717) is 23.4 Å². The van der Waals surface area contributed by atoms with Crippen LogP contribution in [-0.4, -0.2) is 15.0 Å². The first-order chi connectivity index (χ1) is 13.2. The summed E-state index contributed by atoms with van der Waals surface area (Å²) < 4.78 is 0. The summed E-state index contributed by atoms with van der Waals surface area (Å²) in [5.74, 6) is 2.56. The highest BCUT2D eigenvalue weighted by Crippen LogP contribution is 2.25. The number of hydrogen-bond acceptors (Lipinski definition) is 3. The SMILES string of the molecule is CC(C)c1ccc(-c2nc(-c3ccccc3)nc(-c3ccccc3)n2)cc1. The Kier molecular flexibility index (Phi) is 4.75. The maximum atomic E-state index is 4.75. The Morgan fingerprint density at radius 3 is 1.22 bits per heavy atom. The molecule has 0 spiro atoms. The molecule has 4 aromatic rings. The van der Waals surface area contributed by atoms with Gasteiger partial charge < -0.3 is 0 Å². The Labute approximate surface area is 159 Å². The van der Waals surface area contributed by atoms with E-state index in [2.05, 4.69) is 38.1 Å². The summed E-state index contributed by atoms with van der Waals surface area (Å²) in [6.45, 7) is 4.39. The largest absolute Gasteiger partial charge is 0.208 e. The van der Waals surface area contributed by atoms with Crippen molar-refractivity contribution in [2.75, 3.05) is 0 Å². The standard InChI is InChI=1S/C24H21N3/c1-17(2)18-13-15-21(16-14-18)24-26-22(19-9-5-3-6-10-19)25-23(27-24)20-11-7-4-8-12-20/h3-17H,1-2H3. The van der Waals surface area contributed by atoms with E-state index in [4.69, 9.17) is 15.0 Å². The van der Waals surface area contributed by atoms with E-state index in [1.54, 1.807) is 0 Å². The van der Waals surface area contributed by atoms with Crippen LogP contribution in [0.15, 0.2) is 84.9 Å². The summed E-state index contributed by atoms with van der Waals surface area (Å²) in [6, 6.07) is 28.6. The molecule has 1 aromatic heterocycles.